The van der Waals surface area contributed by atoms with E-state index in [1.54, 1.807) is 0 Å². The van der Waals surface area contributed by atoms with Crippen LogP contribution in [0.2, 0.25) is 0 Å². The summed E-state index contributed by atoms with van der Waals surface area (Å²) in [4.78, 5) is 5.86. The summed E-state index contributed by atoms with van der Waals surface area (Å²) < 4.78 is 0. The van der Waals surface area contributed by atoms with Gasteiger partial charge in [-0.05, 0) is 62.8 Å². The molecule has 2 heteroatoms. The van der Waals surface area contributed by atoms with Gasteiger partial charge in [-0.3, -0.25) is 9.80 Å². The molecule has 0 bridgehead atoms. The van der Waals surface area contributed by atoms with Gasteiger partial charge in [0.1, 0.15) is 0 Å². The standard InChI is InChI=1S/C18H32N2/c1-13(2)17-12-19-10-4-3-5-16(19)11-20(17)18(14-6-7-14)15-8-9-15/h13-18H,3-12H2,1-2H3. The van der Waals surface area contributed by atoms with Gasteiger partial charge in [-0.15, -0.1) is 0 Å². The zero-order valence-corrected chi connectivity index (χ0v) is 13.4. The molecule has 2 atom stereocenters. The largest absolute Gasteiger partial charge is 0.298 e. The molecule has 0 spiro atoms. The lowest BCUT2D eigenvalue weighted by Crippen LogP contribution is -2.64. The van der Waals surface area contributed by atoms with Crippen LogP contribution >= 0.6 is 0 Å². The Bertz CT molecular complexity index is 333. The number of rotatable bonds is 4. The van der Waals surface area contributed by atoms with Crippen LogP contribution in [0.5, 0.6) is 0 Å². The number of piperazine rings is 1. The fourth-order valence-corrected chi connectivity index (χ4v) is 4.97. The first-order valence-corrected chi connectivity index (χ1v) is 9.24. The second kappa shape index (κ2) is 5.28. The highest BCUT2D eigenvalue weighted by atomic mass is 15.3. The lowest BCUT2D eigenvalue weighted by molar-refractivity contribution is -0.0399. The highest BCUT2D eigenvalue weighted by molar-refractivity contribution is 5.03. The third-order valence-electron chi connectivity index (χ3n) is 6.38. The molecule has 4 aliphatic rings. The second-order valence-corrected chi connectivity index (χ2v) is 8.32. The maximum Gasteiger partial charge on any atom is 0.0250 e. The number of nitrogens with zero attached hydrogens (tertiary/aromatic N) is 2. The van der Waals surface area contributed by atoms with E-state index in [4.69, 9.17) is 0 Å². The Morgan fingerprint density at radius 1 is 0.850 bits per heavy atom. The van der Waals surface area contributed by atoms with E-state index in [0.29, 0.717) is 0 Å². The Kier molecular flexibility index (Phi) is 3.58. The summed E-state index contributed by atoms with van der Waals surface area (Å²) in [6.07, 6.45) is 10.5. The Balaban J connectivity index is 1.54. The molecule has 0 aromatic heterocycles. The van der Waals surface area contributed by atoms with Crippen LogP contribution in [0.1, 0.15) is 58.8 Å². The molecule has 0 aromatic rings. The molecule has 20 heavy (non-hydrogen) atoms. The molecule has 114 valence electrons. The topological polar surface area (TPSA) is 6.48 Å². The summed E-state index contributed by atoms with van der Waals surface area (Å²) in [5.74, 6) is 2.95. The van der Waals surface area contributed by atoms with Gasteiger partial charge in [-0.25, -0.2) is 0 Å². The van der Waals surface area contributed by atoms with Crippen LogP contribution in [0.4, 0.5) is 0 Å². The summed E-state index contributed by atoms with van der Waals surface area (Å²) in [6, 6.07) is 2.68. The third kappa shape index (κ3) is 2.54. The quantitative estimate of drug-likeness (QED) is 0.777. The molecule has 4 fully saturated rings. The maximum atomic E-state index is 3.02. The third-order valence-corrected chi connectivity index (χ3v) is 6.38. The lowest BCUT2D eigenvalue weighted by atomic mass is 9.89. The zero-order valence-electron chi connectivity index (χ0n) is 13.4. The van der Waals surface area contributed by atoms with Crippen molar-refractivity contribution in [3.63, 3.8) is 0 Å². The van der Waals surface area contributed by atoms with Gasteiger partial charge in [0.2, 0.25) is 0 Å². The Labute approximate surface area is 124 Å². The molecule has 2 saturated carbocycles. The van der Waals surface area contributed by atoms with Crippen LogP contribution in [-0.4, -0.2) is 47.6 Å². The van der Waals surface area contributed by atoms with Crippen molar-refractivity contribution in [3.05, 3.63) is 0 Å². The molecule has 2 unspecified atom stereocenters. The fraction of sp³-hybridized carbons (Fsp3) is 1.00. The van der Waals surface area contributed by atoms with Crippen molar-refractivity contribution in [2.45, 2.75) is 76.9 Å². The van der Waals surface area contributed by atoms with E-state index in [-0.39, 0.29) is 0 Å². The van der Waals surface area contributed by atoms with Crippen LogP contribution in [0.25, 0.3) is 0 Å². The molecular formula is C18H32N2. The number of hydrogen-bond donors (Lipinski definition) is 0. The van der Waals surface area contributed by atoms with E-state index >= 15 is 0 Å². The Morgan fingerprint density at radius 2 is 1.55 bits per heavy atom. The van der Waals surface area contributed by atoms with Crippen molar-refractivity contribution in [1.29, 1.82) is 0 Å². The van der Waals surface area contributed by atoms with Gasteiger partial charge in [-0.1, -0.05) is 20.3 Å². The molecule has 2 nitrogen and oxygen atoms in total. The van der Waals surface area contributed by atoms with E-state index in [1.807, 2.05) is 0 Å². The van der Waals surface area contributed by atoms with Crippen LogP contribution in [0.3, 0.4) is 0 Å². The molecule has 0 aromatic carbocycles. The van der Waals surface area contributed by atoms with Crippen molar-refractivity contribution in [2.75, 3.05) is 19.6 Å². The SMILES string of the molecule is CC(C)C1CN2CCCCC2CN1C(C1CC1)C1CC1. The van der Waals surface area contributed by atoms with Gasteiger partial charge in [-0.2, -0.15) is 0 Å². The molecule has 0 amide bonds. The molecule has 2 aliphatic heterocycles. The van der Waals surface area contributed by atoms with Crippen LogP contribution in [-0.2, 0) is 0 Å². The van der Waals surface area contributed by atoms with E-state index in [0.717, 1.165) is 35.9 Å². The maximum absolute atomic E-state index is 3.02. The molecule has 2 heterocycles. The van der Waals surface area contributed by atoms with E-state index in [9.17, 15) is 0 Å². The number of hydrogen-bond acceptors (Lipinski definition) is 2. The van der Waals surface area contributed by atoms with Crippen molar-refractivity contribution in [1.82, 2.24) is 9.80 Å². The van der Waals surface area contributed by atoms with Gasteiger partial charge < -0.3 is 0 Å². The van der Waals surface area contributed by atoms with Gasteiger partial charge in [0, 0.05) is 31.2 Å². The Morgan fingerprint density at radius 3 is 2.15 bits per heavy atom. The predicted molar refractivity (Wildman–Crippen MR) is 83.8 cm³/mol. The summed E-state index contributed by atoms with van der Waals surface area (Å²) in [5, 5.41) is 0. The minimum absolute atomic E-state index is 0.817. The van der Waals surface area contributed by atoms with Gasteiger partial charge in [0.05, 0.1) is 0 Å². The molecular weight excluding hydrogens is 244 g/mol. The van der Waals surface area contributed by atoms with Gasteiger partial charge in [0.15, 0.2) is 0 Å². The number of piperidine rings is 1. The van der Waals surface area contributed by atoms with Gasteiger partial charge in [0.25, 0.3) is 0 Å². The number of fused-ring (bicyclic) bond motifs is 1. The summed E-state index contributed by atoms with van der Waals surface area (Å²) in [6.45, 7) is 9.04. The summed E-state index contributed by atoms with van der Waals surface area (Å²) in [5.41, 5.74) is 0. The minimum atomic E-state index is 0.817. The highest BCUT2D eigenvalue weighted by Gasteiger charge is 2.49. The first kappa shape index (κ1) is 13.6. The van der Waals surface area contributed by atoms with Crippen molar-refractivity contribution < 1.29 is 0 Å². The lowest BCUT2D eigenvalue weighted by Gasteiger charge is -2.52. The second-order valence-electron chi connectivity index (χ2n) is 8.32. The fourth-order valence-electron chi connectivity index (χ4n) is 4.97. The molecule has 4 rings (SSSR count). The van der Waals surface area contributed by atoms with Crippen LogP contribution in [0, 0.1) is 17.8 Å². The van der Waals surface area contributed by atoms with E-state index < -0.39 is 0 Å². The molecule has 2 saturated heterocycles. The highest BCUT2D eigenvalue weighted by Crippen LogP contribution is 2.49. The first-order valence-electron chi connectivity index (χ1n) is 9.24. The van der Waals surface area contributed by atoms with Crippen LogP contribution < -0.4 is 0 Å². The zero-order chi connectivity index (χ0) is 13.7. The normalized spacial score (nSPS) is 36.6. The van der Waals surface area contributed by atoms with Crippen molar-refractivity contribution in [3.8, 4) is 0 Å². The molecule has 0 radical (unpaired) electrons. The van der Waals surface area contributed by atoms with Crippen molar-refractivity contribution >= 4 is 0 Å². The van der Waals surface area contributed by atoms with E-state index in [2.05, 4.69) is 23.6 Å². The smallest absolute Gasteiger partial charge is 0.0250 e. The van der Waals surface area contributed by atoms with Gasteiger partial charge >= 0.3 is 0 Å². The van der Waals surface area contributed by atoms with Crippen molar-refractivity contribution in [2.24, 2.45) is 17.8 Å². The average Bonchev–Trinajstić information content (AvgIpc) is 3.32. The molecule has 2 aliphatic carbocycles. The summed E-state index contributed by atoms with van der Waals surface area (Å²) in [7, 11) is 0. The monoisotopic (exact) mass is 276 g/mol. The first-order chi connectivity index (χ1) is 9.74. The average molecular weight is 276 g/mol. The Hall–Kier alpha value is -0.0800. The van der Waals surface area contributed by atoms with E-state index in [1.165, 1.54) is 64.6 Å². The molecule has 0 N–H and O–H groups in total. The summed E-state index contributed by atoms with van der Waals surface area (Å²) >= 11 is 0. The predicted octanol–water partition coefficient (Wildman–Crippen LogP) is 3.37. The van der Waals surface area contributed by atoms with Crippen LogP contribution in [0.15, 0.2) is 0 Å². The minimum Gasteiger partial charge on any atom is -0.298 e.